The molecule has 3 heteroatoms. The SMILES string of the molecule is N#CC1=CCc2ccccc2N1C#N. The number of anilines is 1. The van der Waals surface area contributed by atoms with E-state index in [1.54, 1.807) is 6.08 Å². The van der Waals surface area contributed by atoms with Gasteiger partial charge >= 0.3 is 0 Å². The first kappa shape index (κ1) is 8.34. The lowest BCUT2D eigenvalue weighted by Gasteiger charge is -2.21. The van der Waals surface area contributed by atoms with Crippen molar-refractivity contribution in [2.45, 2.75) is 6.42 Å². The molecular formula is C11H7N3. The number of allylic oxidation sites excluding steroid dienone is 2. The zero-order valence-electron chi connectivity index (χ0n) is 7.44. The summed E-state index contributed by atoms with van der Waals surface area (Å²) in [4.78, 5) is 1.36. The molecule has 14 heavy (non-hydrogen) atoms. The molecule has 66 valence electrons. The van der Waals surface area contributed by atoms with Gasteiger partial charge in [0.05, 0.1) is 5.69 Å². The smallest absolute Gasteiger partial charge is 0.189 e. The van der Waals surface area contributed by atoms with Crippen molar-refractivity contribution in [1.29, 1.82) is 10.5 Å². The number of benzene rings is 1. The quantitative estimate of drug-likeness (QED) is 0.574. The van der Waals surface area contributed by atoms with E-state index in [1.165, 1.54) is 4.90 Å². The molecule has 0 bridgehead atoms. The summed E-state index contributed by atoms with van der Waals surface area (Å²) in [7, 11) is 0. The summed E-state index contributed by atoms with van der Waals surface area (Å²) in [5.41, 5.74) is 2.30. The van der Waals surface area contributed by atoms with Crippen LogP contribution in [-0.2, 0) is 6.42 Å². The minimum absolute atomic E-state index is 0.409. The maximum absolute atomic E-state index is 8.92. The number of rotatable bonds is 0. The van der Waals surface area contributed by atoms with Gasteiger partial charge in [-0.2, -0.15) is 10.5 Å². The molecule has 0 radical (unpaired) electrons. The Bertz CT molecular complexity index is 474. The molecule has 1 heterocycles. The van der Waals surface area contributed by atoms with Gasteiger partial charge in [-0.25, -0.2) is 4.90 Å². The summed E-state index contributed by atoms with van der Waals surface area (Å²) in [6.07, 6.45) is 4.49. The summed E-state index contributed by atoms with van der Waals surface area (Å²) < 4.78 is 0. The first-order chi connectivity index (χ1) is 6.86. The van der Waals surface area contributed by atoms with Gasteiger partial charge < -0.3 is 0 Å². The van der Waals surface area contributed by atoms with Gasteiger partial charge in [0.15, 0.2) is 6.19 Å². The van der Waals surface area contributed by atoms with Gasteiger partial charge in [-0.1, -0.05) is 18.2 Å². The average Bonchev–Trinajstić information content (AvgIpc) is 2.27. The molecule has 0 fully saturated rings. The molecule has 0 atom stereocenters. The van der Waals surface area contributed by atoms with E-state index >= 15 is 0 Å². The van der Waals surface area contributed by atoms with E-state index in [4.69, 9.17) is 10.5 Å². The van der Waals surface area contributed by atoms with Crippen LogP contribution in [0, 0.1) is 22.8 Å². The maximum Gasteiger partial charge on any atom is 0.189 e. The maximum atomic E-state index is 8.92. The van der Waals surface area contributed by atoms with Gasteiger partial charge in [-0.05, 0) is 24.1 Å². The van der Waals surface area contributed by atoms with Gasteiger partial charge in [0.1, 0.15) is 11.8 Å². The van der Waals surface area contributed by atoms with E-state index in [0.29, 0.717) is 5.70 Å². The van der Waals surface area contributed by atoms with Crippen LogP contribution in [0.2, 0.25) is 0 Å². The average molecular weight is 181 g/mol. The van der Waals surface area contributed by atoms with Crippen LogP contribution in [0.15, 0.2) is 36.0 Å². The van der Waals surface area contributed by atoms with Crippen LogP contribution < -0.4 is 4.90 Å². The highest BCUT2D eigenvalue weighted by atomic mass is 15.1. The highest BCUT2D eigenvalue weighted by Gasteiger charge is 2.18. The topological polar surface area (TPSA) is 50.8 Å². The Morgan fingerprint density at radius 2 is 2.00 bits per heavy atom. The fourth-order valence-corrected chi connectivity index (χ4v) is 1.53. The van der Waals surface area contributed by atoms with E-state index in [-0.39, 0.29) is 0 Å². The number of hydrogen-bond donors (Lipinski definition) is 0. The van der Waals surface area contributed by atoms with Crippen LogP contribution in [0.3, 0.4) is 0 Å². The molecule has 3 nitrogen and oxygen atoms in total. The molecule has 1 aromatic rings. The van der Waals surface area contributed by atoms with Crippen molar-refractivity contribution >= 4 is 5.69 Å². The molecule has 0 amide bonds. The summed E-state index contributed by atoms with van der Waals surface area (Å²) in [6, 6.07) is 9.62. The Morgan fingerprint density at radius 3 is 2.71 bits per heavy atom. The number of nitrogens with zero attached hydrogens (tertiary/aromatic N) is 3. The van der Waals surface area contributed by atoms with E-state index in [0.717, 1.165) is 17.7 Å². The second kappa shape index (κ2) is 3.24. The van der Waals surface area contributed by atoms with Crippen molar-refractivity contribution < 1.29 is 0 Å². The Morgan fingerprint density at radius 1 is 1.21 bits per heavy atom. The van der Waals surface area contributed by atoms with Crippen molar-refractivity contribution in [1.82, 2.24) is 0 Å². The van der Waals surface area contributed by atoms with Gasteiger partial charge in [0.25, 0.3) is 0 Å². The lowest BCUT2D eigenvalue weighted by Crippen LogP contribution is -2.19. The van der Waals surface area contributed by atoms with Crippen LogP contribution in [-0.4, -0.2) is 0 Å². The first-order valence-corrected chi connectivity index (χ1v) is 4.25. The Hall–Kier alpha value is -2.26. The third-order valence-corrected chi connectivity index (χ3v) is 2.20. The van der Waals surface area contributed by atoms with Crippen molar-refractivity contribution in [3.8, 4) is 12.3 Å². The Balaban J connectivity index is 2.55. The molecule has 0 spiro atoms. The molecule has 1 aliphatic heterocycles. The largest absolute Gasteiger partial charge is 0.238 e. The van der Waals surface area contributed by atoms with Gasteiger partial charge in [0.2, 0.25) is 0 Å². The second-order valence-corrected chi connectivity index (χ2v) is 2.97. The molecule has 2 rings (SSSR count). The minimum Gasteiger partial charge on any atom is -0.238 e. The summed E-state index contributed by atoms with van der Waals surface area (Å²) in [5, 5.41) is 17.7. The Kier molecular flexibility index (Phi) is 1.93. The standard InChI is InChI=1S/C11H7N3/c12-7-10-6-5-9-3-1-2-4-11(9)14(10)8-13/h1-4,6H,5H2. The molecule has 1 aliphatic rings. The zero-order chi connectivity index (χ0) is 9.97. The lowest BCUT2D eigenvalue weighted by atomic mass is 10.0. The number of nitriles is 2. The van der Waals surface area contributed by atoms with E-state index in [1.807, 2.05) is 36.5 Å². The van der Waals surface area contributed by atoms with Crippen LogP contribution in [0.4, 0.5) is 5.69 Å². The molecule has 0 saturated carbocycles. The minimum atomic E-state index is 0.409. The van der Waals surface area contributed by atoms with Crippen LogP contribution in [0.5, 0.6) is 0 Å². The van der Waals surface area contributed by atoms with E-state index in [2.05, 4.69) is 0 Å². The van der Waals surface area contributed by atoms with E-state index in [9.17, 15) is 0 Å². The van der Waals surface area contributed by atoms with Gasteiger partial charge in [-0.3, -0.25) is 0 Å². The van der Waals surface area contributed by atoms with Gasteiger partial charge in [-0.15, -0.1) is 0 Å². The molecule has 0 aromatic heterocycles. The monoisotopic (exact) mass is 181 g/mol. The van der Waals surface area contributed by atoms with Crippen molar-refractivity contribution in [2.75, 3.05) is 4.90 Å². The third-order valence-electron chi connectivity index (χ3n) is 2.20. The van der Waals surface area contributed by atoms with Crippen LogP contribution in [0.25, 0.3) is 0 Å². The molecule has 0 unspecified atom stereocenters. The molecule has 0 aliphatic carbocycles. The Labute approximate surface area is 82.1 Å². The fraction of sp³-hybridized carbons (Fsp3) is 0.0909. The molecule has 0 N–H and O–H groups in total. The lowest BCUT2D eigenvalue weighted by molar-refractivity contribution is 1.09. The molecular weight excluding hydrogens is 174 g/mol. The first-order valence-electron chi connectivity index (χ1n) is 4.25. The third kappa shape index (κ3) is 1.12. The molecule has 0 saturated heterocycles. The van der Waals surface area contributed by atoms with Crippen molar-refractivity contribution in [2.24, 2.45) is 0 Å². The fourth-order valence-electron chi connectivity index (χ4n) is 1.53. The van der Waals surface area contributed by atoms with Gasteiger partial charge in [0, 0.05) is 0 Å². The highest BCUT2D eigenvalue weighted by molar-refractivity contribution is 5.67. The molecule has 1 aromatic carbocycles. The van der Waals surface area contributed by atoms with Crippen LogP contribution in [0.1, 0.15) is 5.56 Å². The summed E-state index contributed by atoms with van der Waals surface area (Å²) >= 11 is 0. The predicted octanol–water partition coefficient (Wildman–Crippen LogP) is 1.94. The highest BCUT2D eigenvalue weighted by Crippen LogP contribution is 2.28. The van der Waals surface area contributed by atoms with E-state index < -0.39 is 0 Å². The number of para-hydroxylation sites is 1. The zero-order valence-corrected chi connectivity index (χ0v) is 7.44. The van der Waals surface area contributed by atoms with Crippen molar-refractivity contribution in [3.05, 3.63) is 41.6 Å². The second-order valence-electron chi connectivity index (χ2n) is 2.97. The number of hydrogen-bond acceptors (Lipinski definition) is 3. The summed E-state index contributed by atoms with van der Waals surface area (Å²) in [5.74, 6) is 0. The predicted molar refractivity (Wildman–Crippen MR) is 51.9 cm³/mol. The normalized spacial score (nSPS) is 13.6. The number of fused-ring (bicyclic) bond motifs is 1. The summed E-state index contributed by atoms with van der Waals surface area (Å²) in [6.45, 7) is 0. The van der Waals surface area contributed by atoms with Crippen LogP contribution >= 0.6 is 0 Å². The van der Waals surface area contributed by atoms with Crippen molar-refractivity contribution in [3.63, 3.8) is 0 Å².